The van der Waals surface area contributed by atoms with E-state index < -0.39 is 21.5 Å². The Balaban J connectivity index is 2.26. The number of aryl methyl sites for hydroxylation is 2. The van der Waals surface area contributed by atoms with Gasteiger partial charge in [0, 0.05) is 11.8 Å². The van der Waals surface area contributed by atoms with Gasteiger partial charge in [-0.3, -0.25) is 0 Å². The molecule has 1 heterocycles. The molecule has 8 heteroatoms. The second-order valence-electron chi connectivity index (χ2n) is 3.95. The second kappa shape index (κ2) is 4.42. The highest BCUT2D eigenvalue weighted by Crippen LogP contribution is 2.28. The number of nitrogens with zero attached hydrogens (tertiary/aromatic N) is 1. The molecule has 1 aromatic heterocycles. The molecule has 2 rings (SSSR count). The molecule has 0 saturated carbocycles. The van der Waals surface area contributed by atoms with Gasteiger partial charge in [0.05, 0.1) is 0 Å². The molecule has 1 aliphatic rings. The molecule has 0 bridgehead atoms. The van der Waals surface area contributed by atoms with Crippen LogP contribution in [0.2, 0.25) is 0 Å². The average molecular weight is 281 g/mol. The summed E-state index contributed by atoms with van der Waals surface area (Å²) in [5, 5.41) is 0. The number of fused-ring (bicyclic) bond motifs is 1. The summed E-state index contributed by atoms with van der Waals surface area (Å²) in [4.78, 5) is 3.81. The molecule has 4 nitrogen and oxygen atoms in total. The Morgan fingerprint density at radius 3 is 2.50 bits per heavy atom. The molecule has 0 radical (unpaired) electrons. The molecule has 0 unspecified atom stereocenters. The van der Waals surface area contributed by atoms with Crippen molar-refractivity contribution < 1.29 is 25.8 Å². The van der Waals surface area contributed by atoms with Crippen molar-refractivity contribution in [3.8, 4) is 5.88 Å². The highest BCUT2D eigenvalue weighted by Gasteiger charge is 2.48. The van der Waals surface area contributed by atoms with Gasteiger partial charge in [0.1, 0.15) is 0 Å². The molecule has 0 aromatic carbocycles. The summed E-state index contributed by atoms with van der Waals surface area (Å²) in [5.74, 6) is -0.534. The minimum Gasteiger partial charge on any atom is -0.355 e. The number of hydrogen-bond acceptors (Lipinski definition) is 4. The fourth-order valence-corrected chi connectivity index (χ4v) is 2.18. The van der Waals surface area contributed by atoms with Crippen LogP contribution in [0.4, 0.5) is 13.2 Å². The van der Waals surface area contributed by atoms with Crippen LogP contribution in [0.25, 0.3) is 0 Å². The molecule has 0 amide bonds. The molecule has 0 N–H and O–H groups in total. The third-order valence-electron chi connectivity index (χ3n) is 2.63. The van der Waals surface area contributed by atoms with E-state index in [1.807, 2.05) is 0 Å². The largest absolute Gasteiger partial charge is 0.534 e. The summed E-state index contributed by atoms with van der Waals surface area (Å²) >= 11 is 0. The van der Waals surface area contributed by atoms with Gasteiger partial charge in [0.15, 0.2) is 0 Å². The van der Waals surface area contributed by atoms with Crippen molar-refractivity contribution in [2.75, 3.05) is 0 Å². The normalized spacial score (nSPS) is 16.2. The molecule has 0 spiro atoms. The number of rotatable bonds is 2. The standard InChI is InChI=1S/C10H10F3NO3S/c11-10(12,13)18(15,16)17-9-6-5-7-3-1-2-4-8(7)14-9/h5-6H,1-4H2. The van der Waals surface area contributed by atoms with Gasteiger partial charge in [-0.25, -0.2) is 4.98 Å². The first-order chi connectivity index (χ1) is 8.29. The summed E-state index contributed by atoms with van der Waals surface area (Å²) in [6.45, 7) is 0. The van der Waals surface area contributed by atoms with E-state index >= 15 is 0 Å². The first kappa shape index (κ1) is 13.1. The lowest BCUT2D eigenvalue weighted by Gasteiger charge is -2.15. The van der Waals surface area contributed by atoms with E-state index in [0.29, 0.717) is 12.1 Å². The van der Waals surface area contributed by atoms with Crippen molar-refractivity contribution in [3.63, 3.8) is 0 Å². The van der Waals surface area contributed by atoms with Crippen molar-refractivity contribution in [1.29, 1.82) is 0 Å². The summed E-state index contributed by atoms with van der Waals surface area (Å²) in [7, 11) is -5.64. The molecule has 0 saturated heterocycles. The van der Waals surface area contributed by atoms with Crippen LogP contribution in [-0.4, -0.2) is 18.9 Å². The van der Waals surface area contributed by atoms with Crippen molar-refractivity contribution in [2.24, 2.45) is 0 Å². The van der Waals surface area contributed by atoms with E-state index in [4.69, 9.17) is 0 Å². The van der Waals surface area contributed by atoms with E-state index in [-0.39, 0.29) is 0 Å². The molecule has 100 valence electrons. The van der Waals surface area contributed by atoms with Crippen molar-refractivity contribution in [1.82, 2.24) is 4.98 Å². The molecule has 0 fully saturated rings. The monoisotopic (exact) mass is 281 g/mol. The fraction of sp³-hybridized carbons (Fsp3) is 0.500. The molecular formula is C10H10F3NO3S. The molecular weight excluding hydrogens is 271 g/mol. The zero-order valence-electron chi connectivity index (χ0n) is 9.20. The predicted octanol–water partition coefficient (Wildman–Crippen LogP) is 2.19. The third kappa shape index (κ3) is 2.58. The third-order valence-corrected chi connectivity index (χ3v) is 3.59. The Labute approximate surface area is 102 Å². The van der Waals surface area contributed by atoms with E-state index in [2.05, 4.69) is 9.17 Å². The molecule has 1 aromatic rings. The summed E-state index contributed by atoms with van der Waals surface area (Å²) in [5.41, 5.74) is -3.90. The summed E-state index contributed by atoms with van der Waals surface area (Å²) in [6.07, 6.45) is 3.30. The van der Waals surface area contributed by atoms with Crippen molar-refractivity contribution in [3.05, 3.63) is 23.4 Å². The Morgan fingerprint density at radius 2 is 1.83 bits per heavy atom. The number of aromatic nitrogens is 1. The zero-order chi connectivity index (χ0) is 13.4. The van der Waals surface area contributed by atoms with Gasteiger partial charge in [-0.2, -0.15) is 21.6 Å². The van der Waals surface area contributed by atoms with Crippen LogP contribution in [0.5, 0.6) is 5.88 Å². The number of halogens is 3. The maximum absolute atomic E-state index is 12.1. The average Bonchev–Trinajstić information content (AvgIpc) is 2.27. The quantitative estimate of drug-likeness (QED) is 0.616. The maximum Gasteiger partial charge on any atom is 0.534 e. The Kier molecular flexibility index (Phi) is 3.22. The van der Waals surface area contributed by atoms with Crippen LogP contribution in [0.1, 0.15) is 24.1 Å². The van der Waals surface area contributed by atoms with Gasteiger partial charge in [0.25, 0.3) is 0 Å². The van der Waals surface area contributed by atoms with E-state index in [0.717, 1.165) is 30.9 Å². The van der Waals surface area contributed by atoms with Crippen LogP contribution in [0.3, 0.4) is 0 Å². The van der Waals surface area contributed by atoms with E-state index in [1.165, 1.54) is 0 Å². The molecule has 0 atom stereocenters. The molecule has 1 aliphatic carbocycles. The van der Waals surface area contributed by atoms with Crippen LogP contribution >= 0.6 is 0 Å². The van der Waals surface area contributed by atoms with Gasteiger partial charge in [-0.05, 0) is 31.2 Å². The molecule has 18 heavy (non-hydrogen) atoms. The zero-order valence-corrected chi connectivity index (χ0v) is 10.0. The van der Waals surface area contributed by atoms with Gasteiger partial charge in [-0.15, -0.1) is 0 Å². The Bertz CT molecular complexity index is 554. The first-order valence-electron chi connectivity index (χ1n) is 5.29. The first-order valence-corrected chi connectivity index (χ1v) is 6.70. The maximum atomic E-state index is 12.1. The van der Waals surface area contributed by atoms with Crippen LogP contribution in [-0.2, 0) is 23.0 Å². The fourth-order valence-electron chi connectivity index (χ4n) is 1.77. The lowest BCUT2D eigenvalue weighted by atomic mass is 9.96. The highest BCUT2D eigenvalue weighted by molar-refractivity contribution is 7.87. The lowest BCUT2D eigenvalue weighted by Crippen LogP contribution is -2.28. The van der Waals surface area contributed by atoms with Crippen LogP contribution in [0, 0.1) is 0 Å². The minimum atomic E-state index is -5.64. The highest BCUT2D eigenvalue weighted by atomic mass is 32.2. The summed E-state index contributed by atoms with van der Waals surface area (Å²) < 4.78 is 61.9. The predicted molar refractivity (Wildman–Crippen MR) is 56.5 cm³/mol. The van der Waals surface area contributed by atoms with Gasteiger partial charge in [0.2, 0.25) is 5.88 Å². The molecule has 0 aliphatic heterocycles. The number of alkyl halides is 3. The Hall–Kier alpha value is -1.31. The lowest BCUT2D eigenvalue weighted by molar-refractivity contribution is -0.0501. The van der Waals surface area contributed by atoms with Crippen LogP contribution in [0.15, 0.2) is 12.1 Å². The van der Waals surface area contributed by atoms with Gasteiger partial charge >= 0.3 is 15.6 Å². The second-order valence-corrected chi connectivity index (χ2v) is 5.48. The summed E-state index contributed by atoms with van der Waals surface area (Å²) in [6, 6.07) is 2.70. The van der Waals surface area contributed by atoms with Gasteiger partial charge < -0.3 is 4.18 Å². The Morgan fingerprint density at radius 1 is 1.17 bits per heavy atom. The smallest absolute Gasteiger partial charge is 0.355 e. The SMILES string of the molecule is O=S(=O)(Oc1ccc2c(n1)CCCC2)C(F)(F)F. The van der Waals surface area contributed by atoms with E-state index in [1.54, 1.807) is 6.07 Å². The minimum absolute atomic E-state index is 0.534. The number of pyridine rings is 1. The van der Waals surface area contributed by atoms with Crippen molar-refractivity contribution >= 4 is 10.1 Å². The van der Waals surface area contributed by atoms with Crippen LogP contribution < -0.4 is 4.18 Å². The van der Waals surface area contributed by atoms with E-state index in [9.17, 15) is 21.6 Å². The van der Waals surface area contributed by atoms with Crippen molar-refractivity contribution in [2.45, 2.75) is 31.2 Å². The van der Waals surface area contributed by atoms with Gasteiger partial charge in [-0.1, -0.05) is 6.07 Å². The number of hydrogen-bond donors (Lipinski definition) is 0. The topological polar surface area (TPSA) is 56.3 Å².